The van der Waals surface area contributed by atoms with Crippen LogP contribution in [0, 0.1) is 0 Å². The minimum atomic E-state index is -3.35. The minimum absolute atomic E-state index is 0.872. The van der Waals surface area contributed by atoms with Gasteiger partial charge in [0.2, 0.25) is 23.6 Å². The summed E-state index contributed by atoms with van der Waals surface area (Å²) in [5.41, 5.74) is 0. The summed E-state index contributed by atoms with van der Waals surface area (Å²) in [4.78, 5) is 78.4. The highest BCUT2D eigenvalue weighted by Gasteiger charge is 2.65. The van der Waals surface area contributed by atoms with Crippen LogP contribution in [0.5, 0.6) is 0 Å². The highest BCUT2D eigenvalue weighted by molar-refractivity contribution is 5.78. The number of nitrogens with one attached hydrogen (secondary N) is 4. The van der Waals surface area contributed by atoms with E-state index in [-0.39, 0.29) is 0 Å². The van der Waals surface area contributed by atoms with Crippen molar-refractivity contribution in [1.29, 1.82) is 0 Å². The van der Waals surface area contributed by atoms with E-state index >= 15 is 0 Å². The molecule has 9 aliphatic heterocycles. The Morgan fingerprint density at radius 2 is 0.672 bits per heavy atom. The van der Waals surface area contributed by atoms with Crippen LogP contribution in [0.4, 0.5) is 0 Å². The molecule has 0 aromatic carbocycles. The lowest BCUT2D eigenvalue weighted by atomic mass is 9.88. The van der Waals surface area contributed by atoms with Crippen LogP contribution < -0.4 is 21.3 Å². The molecular formula is C68H112N4O50. The molecule has 2 unspecified atom stereocenters. The monoisotopic (exact) mass is 1780 g/mol. The molecule has 9 fully saturated rings. The van der Waals surface area contributed by atoms with E-state index in [4.69, 9.17) is 80.5 Å². The highest BCUT2D eigenvalue weighted by atomic mass is 16.8. The average Bonchev–Trinajstić information content (AvgIpc) is 0.600. The Balaban J connectivity index is 1.02. The Hall–Kier alpha value is -4.86. The number of carboxylic acids is 2. The Kier molecular flexibility index (Phi) is 35.2. The topological polar surface area (TPSA) is 854 Å². The summed E-state index contributed by atoms with van der Waals surface area (Å²) >= 11 is 0. The van der Waals surface area contributed by atoms with Crippen LogP contribution in [-0.4, -0.2) is 507 Å². The number of hydrogen-bond acceptors (Lipinski definition) is 48. The van der Waals surface area contributed by atoms with Crippen molar-refractivity contribution in [3.05, 3.63) is 0 Å². The number of carboxylic acid groups (broad SMARTS) is 2. The number of aliphatic carboxylic acids is 2. The third kappa shape index (κ3) is 21.8. The van der Waals surface area contributed by atoms with Crippen LogP contribution in [0.15, 0.2) is 0 Å². The second-order valence-electron chi connectivity index (χ2n) is 31.0. The van der Waals surface area contributed by atoms with E-state index in [1.165, 1.54) is 13.8 Å². The molecule has 0 spiro atoms. The van der Waals surface area contributed by atoms with E-state index < -0.39 is 382 Å². The number of rotatable bonds is 33. The molecule has 0 saturated carbocycles. The van der Waals surface area contributed by atoms with Gasteiger partial charge in [-0.1, -0.05) is 0 Å². The van der Waals surface area contributed by atoms with Crippen molar-refractivity contribution in [3.8, 4) is 0 Å². The van der Waals surface area contributed by atoms with Crippen LogP contribution in [0.2, 0.25) is 0 Å². The second-order valence-corrected chi connectivity index (χ2v) is 31.0. The van der Waals surface area contributed by atoms with Gasteiger partial charge in [-0.2, -0.15) is 0 Å². The summed E-state index contributed by atoms with van der Waals surface area (Å²) in [5.74, 6) is -14.9. The number of aliphatic hydroxyl groups is 25. The van der Waals surface area contributed by atoms with Gasteiger partial charge in [0.1, 0.15) is 195 Å². The molecule has 0 aromatic rings. The molecule has 9 rings (SSSR count). The van der Waals surface area contributed by atoms with E-state index in [0.717, 1.165) is 27.7 Å². The van der Waals surface area contributed by atoms with Crippen LogP contribution >= 0.6 is 0 Å². The van der Waals surface area contributed by atoms with Gasteiger partial charge in [-0.25, -0.2) is 9.59 Å². The molecule has 4 amide bonds. The van der Waals surface area contributed by atoms with E-state index in [0.29, 0.717) is 0 Å². The normalized spacial score (nSPS) is 46.9. The first-order valence-corrected chi connectivity index (χ1v) is 38.6. The summed E-state index contributed by atoms with van der Waals surface area (Å²) in [5, 5.41) is 310. The fourth-order valence-electron chi connectivity index (χ4n) is 15.8. The first-order chi connectivity index (χ1) is 57.3. The first kappa shape index (κ1) is 101. The average molecular weight is 1790 g/mol. The zero-order valence-corrected chi connectivity index (χ0v) is 65.8. The van der Waals surface area contributed by atoms with Gasteiger partial charge in [0.25, 0.3) is 11.6 Å². The van der Waals surface area contributed by atoms with Gasteiger partial charge in [0.05, 0.1) is 82.7 Å². The quantitative estimate of drug-likeness (QED) is 0.0290. The van der Waals surface area contributed by atoms with Crippen molar-refractivity contribution < 1.29 is 247 Å². The second kappa shape index (κ2) is 42.6. The van der Waals surface area contributed by atoms with Gasteiger partial charge >= 0.3 is 11.9 Å². The molecule has 31 N–H and O–H groups in total. The summed E-state index contributed by atoms with van der Waals surface area (Å²) in [6, 6.07) is -7.67. The zero-order chi connectivity index (χ0) is 90.7. The van der Waals surface area contributed by atoms with E-state index in [9.17, 15) is 167 Å². The van der Waals surface area contributed by atoms with Gasteiger partial charge in [-0.3, -0.25) is 19.2 Å². The molecule has 0 bridgehead atoms. The predicted molar refractivity (Wildman–Crippen MR) is 375 cm³/mol. The van der Waals surface area contributed by atoms with Crippen LogP contribution in [0.1, 0.15) is 54.4 Å². The predicted octanol–water partition coefficient (Wildman–Crippen LogP) is -19.6. The smallest absolute Gasteiger partial charge is 0.364 e. The lowest BCUT2D eigenvalue weighted by molar-refractivity contribution is -0.397. The van der Waals surface area contributed by atoms with Gasteiger partial charge in [-0.15, -0.1) is 0 Å². The van der Waals surface area contributed by atoms with Crippen LogP contribution in [0.25, 0.3) is 0 Å². The maximum atomic E-state index is 13.5. The number of ether oxygens (including phenoxy) is 17. The van der Waals surface area contributed by atoms with Gasteiger partial charge in [0, 0.05) is 40.5 Å². The van der Waals surface area contributed by atoms with Crippen molar-refractivity contribution >= 4 is 35.6 Å². The van der Waals surface area contributed by atoms with Crippen LogP contribution in [-0.2, 0) is 109 Å². The van der Waals surface area contributed by atoms with Crippen molar-refractivity contribution in [3.63, 3.8) is 0 Å². The fourth-order valence-corrected chi connectivity index (χ4v) is 15.8. The van der Waals surface area contributed by atoms with Gasteiger partial charge in [0.15, 0.2) is 44.0 Å². The molecule has 704 valence electrons. The Bertz CT molecular complexity index is 3410. The largest absolute Gasteiger partial charge is 0.477 e. The van der Waals surface area contributed by atoms with Crippen LogP contribution in [0.3, 0.4) is 0 Å². The van der Waals surface area contributed by atoms with Crippen molar-refractivity contribution in [1.82, 2.24) is 21.3 Å². The molecule has 9 aliphatic rings. The SMILES string of the molecule is CC(=O)N[C@@H]1[C@@H](O)C[C@](O[C@H]2[C@@H](O)[C@@H](CO)O[C@@H](O[C@H]3[C@H](O[C@@H]4O[C@@H](C)[C@@H](O)[C@H](O)[C@@H]4O)[C@@H](NC(C)=O)[C@H](OC[C@@H]4O[C@@H](O)[C@H](O)[C@@H](O[C@@H]5O[C@H](CO)[C@H](O[C@@H]6O[C@@H](CO)[C@H](O)[C@@H](O[C@]7(C(=O)O)C[C@H](O)[C@H](NC(C)=O)[C@H](C(O)[C@H](O)CO)O7)[C@H]6O)[C@H](O[C@@H]6O[C@H](C)[C@@H](O)[C@H](O)[C@H]6O)[C@H]5NC(C)=O)[C@H]4O)O[C@@H]3CO)[C@@H]2O)(C(=O)O)O[C@H]1C(O)[C@H](O)CO. The van der Waals surface area contributed by atoms with Crippen molar-refractivity contribution in [2.24, 2.45) is 0 Å². The fraction of sp³-hybridized carbons (Fsp3) is 0.912. The molecule has 9 saturated heterocycles. The molecular weight excluding hydrogens is 1670 g/mol. The standard InChI is InChI=1S/C68H112N4O50/c1-16-35(87)42(94)44(96)61(107-16)116-53-33(71-20(5)81)59(112-28(13-77)49(53)114-63-47(99)56(39(91)26(11-75)110-63)121-67(65(102)103)7-22(83)31(69-18(3)79)51(119-67)37(89)24(85)9-73)106-15-30-41(93)55(46(98)58(101)109-30)118-60-34(72-21(6)82)54(117-62-45(97)43(95)36(88)17(2)108-62)50(29(14-78)113-60)115-64-48(100)57(40(92)27(12-76)111-64)122-68(66(104)105)8-23(84)32(70-19(4)80)52(120-68)38(90)25(86)10-74/h16-17,22-64,73-78,83-101H,7-15H2,1-6H3,(H,69,79)(H,70,80)(H,71,81)(H,72,82)(H,102,103)(H,104,105)/t16-,17+,22-,23-,24+,25+,26+,27-,28+,29+,30-,31+,32-,33+,34+,35+,36+,37?,38?,39-,40-,41-,42-,43-,44-,45+,46+,47+,48+,49+,50-,51+,52+,53+,54+,55-,56-,57+,58+,59+,60-,61-,62-,63-,64-,67-,68-/m0/s1. The van der Waals surface area contributed by atoms with Gasteiger partial charge in [-0.05, 0) is 13.8 Å². The summed E-state index contributed by atoms with van der Waals surface area (Å²) in [7, 11) is 0. The maximum absolute atomic E-state index is 13.5. The third-order valence-corrected chi connectivity index (χ3v) is 22.2. The maximum Gasteiger partial charge on any atom is 0.364 e. The highest BCUT2D eigenvalue weighted by Crippen LogP contribution is 2.44. The summed E-state index contributed by atoms with van der Waals surface area (Å²) in [6.07, 6.45) is -92.6. The molecule has 122 heavy (non-hydrogen) atoms. The molecule has 0 aliphatic carbocycles. The molecule has 47 atom stereocenters. The number of carbonyl (C=O) groups excluding carboxylic acids is 4. The number of aliphatic hydroxyl groups excluding tert-OH is 25. The molecule has 0 radical (unpaired) electrons. The number of carbonyl (C=O) groups is 6. The van der Waals surface area contributed by atoms with E-state index in [2.05, 4.69) is 21.3 Å². The first-order valence-electron chi connectivity index (χ1n) is 38.6. The summed E-state index contributed by atoms with van der Waals surface area (Å²) in [6.45, 7) is -2.66. The third-order valence-electron chi connectivity index (χ3n) is 22.2. The Morgan fingerprint density at radius 1 is 0.352 bits per heavy atom. The lowest BCUT2D eigenvalue weighted by Crippen LogP contribution is -2.72. The zero-order valence-electron chi connectivity index (χ0n) is 65.8. The summed E-state index contributed by atoms with van der Waals surface area (Å²) < 4.78 is 101. The van der Waals surface area contributed by atoms with Crippen molar-refractivity contribution in [2.75, 3.05) is 46.2 Å². The van der Waals surface area contributed by atoms with Crippen molar-refractivity contribution in [2.45, 2.75) is 342 Å². The minimum Gasteiger partial charge on any atom is -0.477 e. The lowest BCUT2D eigenvalue weighted by Gasteiger charge is -2.52. The Morgan fingerprint density at radius 3 is 1.02 bits per heavy atom. The molecule has 54 heteroatoms. The number of amides is 4. The molecule has 54 nitrogen and oxygen atoms in total. The van der Waals surface area contributed by atoms with E-state index in [1.54, 1.807) is 0 Å². The number of hydrogen-bond donors (Lipinski definition) is 31. The van der Waals surface area contributed by atoms with E-state index in [1.807, 2.05) is 0 Å². The molecule has 9 heterocycles. The Labute approximate surface area is 690 Å². The molecule has 0 aromatic heterocycles. The van der Waals surface area contributed by atoms with Gasteiger partial charge < -0.3 is 240 Å².